The van der Waals surface area contributed by atoms with Crippen molar-refractivity contribution in [3.05, 3.63) is 205 Å². The summed E-state index contributed by atoms with van der Waals surface area (Å²) >= 11 is 0. The van der Waals surface area contributed by atoms with Crippen molar-refractivity contribution >= 4 is 54.4 Å². The molecule has 1 aliphatic rings. The monoisotopic (exact) mass is 751 g/mol. The molecule has 0 N–H and O–H groups in total. The van der Waals surface area contributed by atoms with Crippen LogP contribution in [0.5, 0.6) is 0 Å². The third-order valence-corrected chi connectivity index (χ3v) is 13.0. The Bertz CT molecular complexity index is 3590. The van der Waals surface area contributed by atoms with E-state index in [0.29, 0.717) is 5.56 Å². The summed E-state index contributed by atoms with van der Waals surface area (Å²) in [5, 5.41) is 16.7. The van der Waals surface area contributed by atoms with E-state index in [1.807, 2.05) is 24.3 Å². The molecule has 0 saturated heterocycles. The van der Waals surface area contributed by atoms with Gasteiger partial charge in [-0.05, 0) is 117 Å². The minimum atomic E-state index is -0.0689. The summed E-state index contributed by atoms with van der Waals surface area (Å²) in [5.74, 6) is 0. The van der Waals surface area contributed by atoms with Crippen LogP contribution < -0.4 is 0 Å². The maximum atomic E-state index is 9.72. The molecule has 3 nitrogen and oxygen atoms in total. The van der Waals surface area contributed by atoms with Crippen molar-refractivity contribution in [3.63, 3.8) is 0 Å². The summed E-state index contributed by atoms with van der Waals surface area (Å²) < 4.78 is 4.82. The molecule has 0 bridgehead atoms. The van der Waals surface area contributed by atoms with Crippen LogP contribution in [0.15, 0.2) is 188 Å². The number of aromatic nitrogens is 2. The van der Waals surface area contributed by atoms with Gasteiger partial charge in [-0.2, -0.15) is 5.26 Å². The number of rotatable bonds is 4. The maximum absolute atomic E-state index is 9.72. The Morgan fingerprint density at radius 2 is 0.864 bits per heavy atom. The van der Waals surface area contributed by atoms with Gasteiger partial charge in [0.15, 0.2) is 0 Å². The summed E-state index contributed by atoms with van der Waals surface area (Å²) in [6.45, 7) is 4.70. The number of nitriles is 1. The molecular weight excluding hydrogens is 715 g/mol. The second-order valence-corrected chi connectivity index (χ2v) is 16.4. The predicted octanol–water partition coefficient (Wildman–Crippen LogP) is 14.5. The third-order valence-electron chi connectivity index (χ3n) is 13.0. The van der Waals surface area contributed by atoms with Gasteiger partial charge < -0.3 is 9.13 Å². The molecule has 0 radical (unpaired) electrons. The molecule has 1 aliphatic carbocycles. The number of para-hydroxylation sites is 2. The fourth-order valence-corrected chi connectivity index (χ4v) is 10.1. The second-order valence-electron chi connectivity index (χ2n) is 16.4. The van der Waals surface area contributed by atoms with Gasteiger partial charge >= 0.3 is 0 Å². The lowest BCUT2D eigenvalue weighted by Crippen LogP contribution is -2.15. The van der Waals surface area contributed by atoms with E-state index < -0.39 is 0 Å². The number of nitrogens with zero attached hydrogens (tertiary/aromatic N) is 3. The van der Waals surface area contributed by atoms with Crippen LogP contribution in [0.3, 0.4) is 0 Å². The van der Waals surface area contributed by atoms with E-state index in [1.54, 1.807) is 0 Å². The SMILES string of the molecule is CC1(C)c2ccccc2-c2ccc(-n3c4ccccc4c4cc(-c5ccc6c(c5)c5ccccc5n6-c5ccc(-c6ccc(C#N)c7ccccc67)cc5)ccc43)cc21. The lowest BCUT2D eigenvalue weighted by Gasteiger charge is -2.22. The van der Waals surface area contributed by atoms with Crippen molar-refractivity contribution in [1.29, 1.82) is 5.26 Å². The Morgan fingerprint density at radius 3 is 1.53 bits per heavy atom. The zero-order valence-corrected chi connectivity index (χ0v) is 32.7. The van der Waals surface area contributed by atoms with Crippen LogP contribution in [-0.4, -0.2) is 9.13 Å². The molecule has 3 heteroatoms. The highest BCUT2D eigenvalue weighted by atomic mass is 15.0. The Hall–Kier alpha value is -7.67. The van der Waals surface area contributed by atoms with Gasteiger partial charge in [-0.1, -0.05) is 135 Å². The summed E-state index contributed by atoms with van der Waals surface area (Å²) in [7, 11) is 0. The van der Waals surface area contributed by atoms with Gasteiger partial charge in [0.05, 0.1) is 33.7 Å². The van der Waals surface area contributed by atoms with Crippen LogP contribution in [-0.2, 0) is 5.41 Å². The molecule has 12 rings (SSSR count). The molecule has 59 heavy (non-hydrogen) atoms. The summed E-state index contributed by atoms with van der Waals surface area (Å²) in [6.07, 6.45) is 0. The predicted molar refractivity (Wildman–Crippen MR) is 246 cm³/mol. The highest BCUT2D eigenvalue weighted by Gasteiger charge is 2.35. The van der Waals surface area contributed by atoms with Crippen molar-refractivity contribution < 1.29 is 0 Å². The van der Waals surface area contributed by atoms with Crippen LogP contribution in [0.25, 0.3) is 99.1 Å². The van der Waals surface area contributed by atoms with Gasteiger partial charge in [0.25, 0.3) is 0 Å². The maximum Gasteiger partial charge on any atom is 0.0998 e. The number of hydrogen-bond acceptors (Lipinski definition) is 1. The van der Waals surface area contributed by atoms with Gasteiger partial charge in [-0.3, -0.25) is 0 Å². The van der Waals surface area contributed by atoms with Crippen molar-refractivity contribution in [3.8, 4) is 50.8 Å². The normalized spacial score (nSPS) is 13.0. The molecule has 0 amide bonds. The first-order valence-electron chi connectivity index (χ1n) is 20.3. The molecule has 0 spiro atoms. The summed E-state index contributed by atoms with van der Waals surface area (Å²) in [5.41, 5.74) is 17.8. The molecular formula is C56H37N3. The molecule has 0 saturated carbocycles. The largest absolute Gasteiger partial charge is 0.309 e. The molecule has 2 aromatic heterocycles. The molecule has 276 valence electrons. The van der Waals surface area contributed by atoms with Crippen LogP contribution in [0, 0.1) is 11.3 Å². The van der Waals surface area contributed by atoms with E-state index in [2.05, 4.69) is 193 Å². The number of fused-ring (bicyclic) bond motifs is 10. The topological polar surface area (TPSA) is 33.6 Å². The average molecular weight is 752 g/mol. The molecule has 0 unspecified atom stereocenters. The van der Waals surface area contributed by atoms with E-state index in [1.165, 1.54) is 82.7 Å². The fourth-order valence-electron chi connectivity index (χ4n) is 10.1. The number of hydrogen-bond donors (Lipinski definition) is 0. The van der Waals surface area contributed by atoms with Crippen LogP contribution >= 0.6 is 0 Å². The van der Waals surface area contributed by atoms with Crippen molar-refractivity contribution in [2.24, 2.45) is 0 Å². The minimum Gasteiger partial charge on any atom is -0.309 e. The minimum absolute atomic E-state index is 0.0689. The van der Waals surface area contributed by atoms with E-state index in [0.717, 1.165) is 27.6 Å². The zero-order chi connectivity index (χ0) is 39.4. The average Bonchev–Trinajstić information content (AvgIpc) is 3.88. The van der Waals surface area contributed by atoms with Gasteiger partial charge in [0, 0.05) is 43.7 Å². The first-order valence-corrected chi connectivity index (χ1v) is 20.3. The fraction of sp³-hybridized carbons (Fsp3) is 0.0536. The van der Waals surface area contributed by atoms with Crippen molar-refractivity contribution in [1.82, 2.24) is 9.13 Å². The molecule has 0 atom stereocenters. The quantitative estimate of drug-likeness (QED) is 0.176. The second kappa shape index (κ2) is 12.4. The zero-order valence-electron chi connectivity index (χ0n) is 32.7. The van der Waals surface area contributed by atoms with Crippen LogP contribution in [0.1, 0.15) is 30.5 Å². The third kappa shape index (κ3) is 4.81. The molecule has 2 heterocycles. The van der Waals surface area contributed by atoms with Crippen LogP contribution in [0.4, 0.5) is 0 Å². The Kier molecular flexibility index (Phi) is 7.04. The molecule has 0 aliphatic heterocycles. The Balaban J connectivity index is 0.962. The number of benzene rings is 9. The standard InChI is InChI=1S/C56H37N3/c1-56(2)50-16-8-5-13-44(50)45-28-26-40(33-51(45)56)59-53-18-10-7-15-47(53)49-32-37(23-30-55(49)59)36-22-29-54-48(31-36)46-14-6-9-17-52(46)58(54)39-24-19-35(20-25-39)42-27-21-38(34-57)41-11-3-4-12-43(41)42/h3-33H,1-2H3. The smallest absolute Gasteiger partial charge is 0.0998 e. The Morgan fingerprint density at radius 1 is 0.373 bits per heavy atom. The molecule has 11 aromatic rings. The van der Waals surface area contributed by atoms with Gasteiger partial charge in [-0.25, -0.2) is 0 Å². The lowest BCUT2D eigenvalue weighted by atomic mass is 9.82. The van der Waals surface area contributed by atoms with E-state index in [-0.39, 0.29) is 5.41 Å². The van der Waals surface area contributed by atoms with E-state index >= 15 is 0 Å². The van der Waals surface area contributed by atoms with Gasteiger partial charge in [0.2, 0.25) is 0 Å². The molecule has 0 fully saturated rings. The first-order chi connectivity index (χ1) is 29.0. The van der Waals surface area contributed by atoms with Crippen LogP contribution in [0.2, 0.25) is 0 Å². The highest BCUT2D eigenvalue weighted by Crippen LogP contribution is 2.49. The Labute approximate surface area is 342 Å². The van der Waals surface area contributed by atoms with Gasteiger partial charge in [-0.15, -0.1) is 0 Å². The molecule has 9 aromatic carbocycles. The van der Waals surface area contributed by atoms with Gasteiger partial charge in [0.1, 0.15) is 0 Å². The van der Waals surface area contributed by atoms with E-state index in [4.69, 9.17) is 0 Å². The highest BCUT2D eigenvalue weighted by molar-refractivity contribution is 6.13. The van der Waals surface area contributed by atoms with Crippen molar-refractivity contribution in [2.75, 3.05) is 0 Å². The summed E-state index contributed by atoms with van der Waals surface area (Å²) in [6, 6.07) is 70.7. The lowest BCUT2D eigenvalue weighted by molar-refractivity contribution is 0.660. The summed E-state index contributed by atoms with van der Waals surface area (Å²) in [4.78, 5) is 0. The van der Waals surface area contributed by atoms with Crippen molar-refractivity contribution in [2.45, 2.75) is 19.3 Å². The first kappa shape index (κ1) is 33.5. The van der Waals surface area contributed by atoms with E-state index in [9.17, 15) is 5.26 Å².